The maximum Gasteiger partial charge on any atom is 0.236 e. The molecule has 4 rings (SSSR count). The Morgan fingerprint density at radius 2 is 2.00 bits per heavy atom. The van der Waals surface area contributed by atoms with Crippen LogP contribution >= 0.6 is 27.3 Å². The molecule has 1 heterocycles. The number of nitrogens with one attached hydrogen (secondary N) is 1. The topological polar surface area (TPSA) is 42.0 Å². The van der Waals surface area contributed by atoms with Crippen molar-refractivity contribution in [3.8, 4) is 0 Å². The lowest BCUT2D eigenvalue weighted by Gasteiger charge is -2.14. The van der Waals surface area contributed by atoms with Gasteiger partial charge in [-0.25, -0.2) is 4.98 Å². The number of carbonyl (C=O) groups is 1. The summed E-state index contributed by atoms with van der Waals surface area (Å²) in [5, 5.41) is 3.68. The van der Waals surface area contributed by atoms with Crippen LogP contribution in [0.15, 0.2) is 53.0 Å². The Morgan fingerprint density at radius 1 is 1.18 bits per heavy atom. The van der Waals surface area contributed by atoms with E-state index in [0.717, 1.165) is 33.1 Å². The molecule has 1 aromatic heterocycles. The van der Waals surface area contributed by atoms with Gasteiger partial charge in [0, 0.05) is 4.47 Å². The summed E-state index contributed by atoms with van der Waals surface area (Å²) >= 11 is 5.00. The zero-order valence-corrected chi connectivity index (χ0v) is 14.1. The van der Waals surface area contributed by atoms with Gasteiger partial charge >= 0.3 is 0 Å². The predicted octanol–water partition coefficient (Wildman–Crippen LogP) is 4.73. The minimum atomic E-state index is -0.387. The molecular formula is C17H13BrN2OS. The highest BCUT2D eigenvalue weighted by atomic mass is 79.9. The largest absolute Gasteiger partial charge is 0.301 e. The Labute approximate surface area is 140 Å². The van der Waals surface area contributed by atoms with Gasteiger partial charge in [0.05, 0.1) is 15.6 Å². The summed E-state index contributed by atoms with van der Waals surface area (Å²) in [5.74, 6) is 0.0460. The lowest BCUT2D eigenvalue weighted by molar-refractivity contribution is -0.118. The number of hydrogen-bond donors (Lipinski definition) is 1. The van der Waals surface area contributed by atoms with Crippen molar-refractivity contribution in [3.63, 3.8) is 0 Å². The molecule has 1 amide bonds. The second kappa shape index (κ2) is 5.18. The first kappa shape index (κ1) is 13.9. The number of rotatable bonds is 3. The normalized spacial score (nSPS) is 15.7. The zero-order valence-electron chi connectivity index (χ0n) is 11.7. The predicted molar refractivity (Wildman–Crippen MR) is 93.3 cm³/mol. The third kappa shape index (κ3) is 2.34. The van der Waals surface area contributed by atoms with Crippen LogP contribution in [0, 0.1) is 0 Å². The van der Waals surface area contributed by atoms with E-state index in [2.05, 4.69) is 26.2 Å². The van der Waals surface area contributed by atoms with E-state index in [4.69, 9.17) is 0 Å². The summed E-state index contributed by atoms with van der Waals surface area (Å²) < 4.78 is 2.09. The van der Waals surface area contributed by atoms with Crippen LogP contribution in [0.3, 0.4) is 0 Å². The zero-order chi connectivity index (χ0) is 15.2. The fourth-order valence-corrected chi connectivity index (χ4v) is 3.96. The molecule has 3 aromatic rings. The summed E-state index contributed by atoms with van der Waals surface area (Å²) in [7, 11) is 0. The van der Waals surface area contributed by atoms with Gasteiger partial charge in [0.2, 0.25) is 5.91 Å². The van der Waals surface area contributed by atoms with Gasteiger partial charge in [-0.2, -0.15) is 0 Å². The maximum atomic E-state index is 12.7. The average molecular weight is 373 g/mol. The Kier molecular flexibility index (Phi) is 3.27. The molecule has 0 atom stereocenters. The number of benzene rings is 2. The molecule has 3 nitrogen and oxygen atoms in total. The van der Waals surface area contributed by atoms with Crippen molar-refractivity contribution in [3.05, 3.63) is 58.6 Å². The number of para-hydroxylation sites is 1. The third-order valence-electron chi connectivity index (χ3n) is 4.08. The molecule has 5 heteroatoms. The summed E-state index contributed by atoms with van der Waals surface area (Å²) in [5.41, 5.74) is 1.61. The Balaban J connectivity index is 1.61. The average Bonchev–Trinajstić information content (AvgIpc) is 3.23. The summed E-state index contributed by atoms with van der Waals surface area (Å²) in [4.78, 5) is 17.2. The summed E-state index contributed by atoms with van der Waals surface area (Å²) in [6.07, 6.45) is 1.78. The Hall–Kier alpha value is -1.72. The van der Waals surface area contributed by atoms with Gasteiger partial charge in [-0.15, -0.1) is 0 Å². The second-order valence-corrected chi connectivity index (χ2v) is 7.48. The Bertz CT molecular complexity index is 837. The van der Waals surface area contributed by atoms with E-state index in [-0.39, 0.29) is 11.3 Å². The summed E-state index contributed by atoms with van der Waals surface area (Å²) in [6.45, 7) is 0. The van der Waals surface area contributed by atoms with Crippen LogP contribution in [0.5, 0.6) is 0 Å². The molecule has 0 aliphatic heterocycles. The molecule has 2 aromatic carbocycles. The van der Waals surface area contributed by atoms with Gasteiger partial charge in [0.15, 0.2) is 5.13 Å². The van der Waals surface area contributed by atoms with Crippen molar-refractivity contribution in [2.45, 2.75) is 18.3 Å². The molecule has 1 aliphatic rings. The van der Waals surface area contributed by atoms with Gasteiger partial charge < -0.3 is 5.32 Å². The summed E-state index contributed by atoms with van der Waals surface area (Å²) in [6, 6.07) is 15.9. The molecule has 0 spiro atoms. The number of aromatic nitrogens is 1. The molecular weight excluding hydrogens is 360 g/mol. The van der Waals surface area contributed by atoms with E-state index in [1.54, 1.807) is 0 Å². The SMILES string of the molecule is O=C(Nc1nc2ccccc2s1)C1(c2cccc(Br)c2)CC1. The smallest absolute Gasteiger partial charge is 0.236 e. The molecule has 22 heavy (non-hydrogen) atoms. The molecule has 0 unspecified atom stereocenters. The fourth-order valence-electron chi connectivity index (χ4n) is 2.70. The molecule has 0 bridgehead atoms. The standard InChI is InChI=1S/C17H13BrN2OS/c18-12-5-3-4-11(10-12)17(8-9-17)15(21)20-16-19-13-6-1-2-7-14(13)22-16/h1-7,10H,8-9H2,(H,19,20,21). The van der Waals surface area contributed by atoms with Gasteiger partial charge in [0.25, 0.3) is 0 Å². The van der Waals surface area contributed by atoms with E-state index < -0.39 is 0 Å². The highest BCUT2D eigenvalue weighted by molar-refractivity contribution is 9.10. The maximum absolute atomic E-state index is 12.7. The molecule has 1 aliphatic carbocycles. The van der Waals surface area contributed by atoms with Crippen LogP contribution < -0.4 is 5.32 Å². The van der Waals surface area contributed by atoms with E-state index >= 15 is 0 Å². The first-order valence-electron chi connectivity index (χ1n) is 7.10. The van der Waals surface area contributed by atoms with Crippen molar-refractivity contribution >= 4 is 48.5 Å². The molecule has 0 radical (unpaired) electrons. The number of nitrogens with zero attached hydrogens (tertiary/aromatic N) is 1. The number of amides is 1. The van der Waals surface area contributed by atoms with E-state index in [1.165, 1.54) is 11.3 Å². The van der Waals surface area contributed by atoms with Crippen molar-refractivity contribution in [2.24, 2.45) is 0 Å². The molecule has 110 valence electrons. The highest BCUT2D eigenvalue weighted by Crippen LogP contribution is 2.49. The highest BCUT2D eigenvalue weighted by Gasteiger charge is 2.51. The molecule has 0 saturated heterocycles. The van der Waals surface area contributed by atoms with Crippen LogP contribution in [-0.4, -0.2) is 10.9 Å². The number of carbonyl (C=O) groups excluding carboxylic acids is 1. The third-order valence-corrected chi connectivity index (χ3v) is 5.52. The van der Waals surface area contributed by atoms with Crippen molar-refractivity contribution in [1.82, 2.24) is 4.98 Å². The van der Waals surface area contributed by atoms with Crippen LogP contribution in [0.25, 0.3) is 10.2 Å². The number of thiazole rings is 1. The van der Waals surface area contributed by atoms with Crippen LogP contribution in [0.2, 0.25) is 0 Å². The van der Waals surface area contributed by atoms with Gasteiger partial charge in [-0.1, -0.05) is 51.5 Å². The molecule has 1 saturated carbocycles. The lowest BCUT2D eigenvalue weighted by Crippen LogP contribution is -2.27. The number of halogens is 1. The van der Waals surface area contributed by atoms with Crippen molar-refractivity contribution < 1.29 is 4.79 Å². The van der Waals surface area contributed by atoms with Gasteiger partial charge in [0.1, 0.15) is 0 Å². The number of fused-ring (bicyclic) bond motifs is 1. The monoisotopic (exact) mass is 372 g/mol. The second-order valence-electron chi connectivity index (χ2n) is 5.53. The molecule has 1 fully saturated rings. The minimum absolute atomic E-state index is 0.0460. The van der Waals surface area contributed by atoms with Crippen LogP contribution in [0.1, 0.15) is 18.4 Å². The van der Waals surface area contributed by atoms with Crippen LogP contribution in [0.4, 0.5) is 5.13 Å². The Morgan fingerprint density at radius 3 is 2.73 bits per heavy atom. The van der Waals surface area contributed by atoms with Crippen molar-refractivity contribution in [2.75, 3.05) is 5.32 Å². The van der Waals surface area contributed by atoms with E-state index in [0.29, 0.717) is 5.13 Å². The first-order valence-corrected chi connectivity index (χ1v) is 8.71. The van der Waals surface area contributed by atoms with Crippen molar-refractivity contribution in [1.29, 1.82) is 0 Å². The van der Waals surface area contributed by atoms with Crippen LogP contribution in [-0.2, 0) is 10.2 Å². The minimum Gasteiger partial charge on any atom is -0.301 e. The van der Waals surface area contributed by atoms with E-state index in [1.807, 2.05) is 48.5 Å². The lowest BCUT2D eigenvalue weighted by atomic mass is 9.95. The number of anilines is 1. The van der Waals surface area contributed by atoms with Gasteiger partial charge in [-0.3, -0.25) is 4.79 Å². The van der Waals surface area contributed by atoms with Gasteiger partial charge in [-0.05, 0) is 42.7 Å². The molecule has 1 N–H and O–H groups in total. The first-order chi connectivity index (χ1) is 10.7. The quantitative estimate of drug-likeness (QED) is 0.721. The number of hydrogen-bond acceptors (Lipinski definition) is 3. The fraction of sp³-hybridized carbons (Fsp3) is 0.176. The van der Waals surface area contributed by atoms with E-state index in [9.17, 15) is 4.79 Å².